The van der Waals surface area contributed by atoms with Crippen LogP contribution in [-0.2, 0) is 22.3 Å². The normalized spacial score (nSPS) is 12.6. The summed E-state index contributed by atoms with van der Waals surface area (Å²) in [5.41, 5.74) is 2.31. The molecule has 0 bridgehead atoms. The van der Waals surface area contributed by atoms with Gasteiger partial charge in [0.2, 0.25) is 0 Å². The second kappa shape index (κ2) is 6.00. The van der Waals surface area contributed by atoms with E-state index in [4.69, 9.17) is 0 Å². The van der Waals surface area contributed by atoms with E-state index in [1.54, 1.807) is 6.20 Å². The van der Waals surface area contributed by atoms with Gasteiger partial charge < -0.3 is 4.55 Å². The topological polar surface area (TPSA) is 36.0 Å². The molecule has 5 heteroatoms. The molecule has 0 radical (unpaired) electrons. The Morgan fingerprint density at radius 1 is 1.35 bits per heavy atom. The van der Waals surface area contributed by atoms with Crippen molar-refractivity contribution < 1.29 is 4.55 Å². The fourth-order valence-electron chi connectivity index (χ4n) is 1.35. The number of thiazole rings is 1. The molecular weight excluding hydrogens is 318 g/mol. The van der Waals surface area contributed by atoms with Crippen LogP contribution in [0.25, 0.3) is 0 Å². The molecule has 1 aromatic carbocycles. The molecule has 2 aromatic rings. The van der Waals surface area contributed by atoms with Crippen molar-refractivity contribution in [3.05, 3.63) is 46.5 Å². The summed E-state index contributed by atoms with van der Waals surface area (Å²) in [7, 11) is 0. The Kier molecular flexibility index (Phi) is 4.62. The molecule has 90 valence electrons. The summed E-state index contributed by atoms with van der Waals surface area (Å²) in [6, 6.07) is 8.12. The Hall–Kier alpha value is -0.360. The third-order valence-corrected chi connectivity index (χ3v) is 5.94. The van der Waals surface area contributed by atoms with Crippen LogP contribution in [0.1, 0.15) is 16.0 Å². The highest BCUT2D eigenvalue weighted by Crippen LogP contribution is 2.23. The molecule has 1 atom stereocenters. The van der Waals surface area contributed by atoms with E-state index in [-0.39, 0.29) is 0 Å². The Labute approximate surface area is 116 Å². The molecule has 1 unspecified atom stereocenters. The second-order valence-electron chi connectivity index (χ2n) is 3.70. The molecule has 0 saturated heterocycles. The van der Waals surface area contributed by atoms with E-state index in [2.05, 4.69) is 20.9 Å². The summed E-state index contributed by atoms with van der Waals surface area (Å²) in [6.45, 7) is 2.05. The minimum absolute atomic E-state index is 0.537. The Bertz CT molecular complexity index is 484. The molecule has 0 fully saturated rings. The molecule has 1 aromatic heterocycles. The fraction of sp³-hybridized carbons (Fsp3) is 0.250. The molecule has 0 spiro atoms. The highest BCUT2D eigenvalue weighted by Gasteiger charge is 2.16. The number of hydrogen-bond acceptors (Lipinski definition) is 3. The highest BCUT2D eigenvalue weighted by atomic mass is 79.9. The van der Waals surface area contributed by atoms with Gasteiger partial charge in [0.05, 0.1) is 0 Å². The van der Waals surface area contributed by atoms with Crippen molar-refractivity contribution in [3.63, 3.8) is 0 Å². The van der Waals surface area contributed by atoms with E-state index >= 15 is 0 Å². The van der Waals surface area contributed by atoms with E-state index in [1.807, 2.05) is 31.2 Å². The second-order valence-corrected chi connectivity index (χ2v) is 7.00. The number of aryl methyl sites for hydroxylation is 1. The maximum atomic E-state index is 12.1. The summed E-state index contributed by atoms with van der Waals surface area (Å²) < 4.78 is 12.8. The first-order valence-electron chi connectivity index (χ1n) is 5.13. The van der Waals surface area contributed by atoms with Crippen LogP contribution in [0.4, 0.5) is 0 Å². The third kappa shape index (κ3) is 3.55. The number of aromatic nitrogens is 1. The van der Waals surface area contributed by atoms with Gasteiger partial charge in [-0.2, -0.15) is 4.98 Å². The monoisotopic (exact) mass is 329 g/mol. The van der Waals surface area contributed by atoms with E-state index in [1.165, 1.54) is 16.9 Å². The third-order valence-electron chi connectivity index (χ3n) is 2.28. The van der Waals surface area contributed by atoms with Gasteiger partial charge in [0.25, 0.3) is 0 Å². The molecule has 0 N–H and O–H groups in total. The standard InChI is InChI=1S/C12H12BrNOS2/c1-9-2-4-10(5-3-9)8-17(15)12-14-7-11(6-13)16-12/h2-5,7H,6,8H2,1H3. The zero-order valence-corrected chi connectivity index (χ0v) is 12.6. The number of nitrogens with zero attached hydrogens (tertiary/aromatic N) is 1. The largest absolute Gasteiger partial charge is 0.609 e. The van der Waals surface area contributed by atoms with Crippen molar-refractivity contribution >= 4 is 38.4 Å². The number of benzene rings is 1. The molecule has 2 nitrogen and oxygen atoms in total. The van der Waals surface area contributed by atoms with Crippen molar-refractivity contribution in [2.24, 2.45) is 0 Å². The van der Waals surface area contributed by atoms with Crippen molar-refractivity contribution in [2.45, 2.75) is 22.3 Å². The van der Waals surface area contributed by atoms with Crippen LogP contribution >= 0.6 is 27.3 Å². The molecule has 0 aliphatic rings. The lowest BCUT2D eigenvalue weighted by Crippen LogP contribution is -2.04. The van der Waals surface area contributed by atoms with Crippen LogP contribution in [0.15, 0.2) is 34.8 Å². The van der Waals surface area contributed by atoms with Crippen molar-refractivity contribution in [1.29, 1.82) is 0 Å². The molecule has 2 rings (SSSR count). The molecule has 0 saturated carbocycles. The lowest BCUT2D eigenvalue weighted by molar-refractivity contribution is 0.593. The highest BCUT2D eigenvalue weighted by molar-refractivity contribution is 9.08. The first-order valence-corrected chi connectivity index (χ1v) is 8.39. The first-order chi connectivity index (χ1) is 8.19. The maximum Gasteiger partial charge on any atom is 0.302 e. The summed E-state index contributed by atoms with van der Waals surface area (Å²) in [5, 5.41) is 0.770. The van der Waals surface area contributed by atoms with Gasteiger partial charge in [-0.1, -0.05) is 57.1 Å². The van der Waals surface area contributed by atoms with E-state index in [9.17, 15) is 4.55 Å². The summed E-state index contributed by atoms with van der Waals surface area (Å²) >= 11 is 3.84. The Balaban J connectivity index is 2.05. The van der Waals surface area contributed by atoms with Crippen molar-refractivity contribution in [1.82, 2.24) is 4.98 Å². The van der Waals surface area contributed by atoms with Gasteiger partial charge >= 0.3 is 4.34 Å². The maximum absolute atomic E-state index is 12.1. The number of rotatable bonds is 4. The molecule has 1 heterocycles. The smallest absolute Gasteiger partial charge is 0.302 e. The minimum atomic E-state index is -1.04. The van der Waals surface area contributed by atoms with Gasteiger partial charge in [-0.25, -0.2) is 0 Å². The van der Waals surface area contributed by atoms with Gasteiger partial charge in [0, 0.05) is 33.1 Å². The summed E-state index contributed by atoms with van der Waals surface area (Å²) in [4.78, 5) is 5.30. The molecular formula is C12H12BrNOS2. The molecule has 0 aliphatic heterocycles. The van der Waals surface area contributed by atoms with E-state index in [0.717, 1.165) is 15.8 Å². The summed E-state index contributed by atoms with van der Waals surface area (Å²) in [6.07, 6.45) is 1.78. The predicted molar refractivity (Wildman–Crippen MR) is 76.0 cm³/mol. The fourth-order valence-corrected chi connectivity index (χ4v) is 3.99. The van der Waals surface area contributed by atoms with Gasteiger partial charge in [0.1, 0.15) is 5.75 Å². The SMILES string of the molecule is Cc1ccc(C[S+]([O-])c2ncc(CBr)s2)cc1. The summed E-state index contributed by atoms with van der Waals surface area (Å²) in [5.74, 6) is 0.537. The van der Waals surface area contributed by atoms with Crippen LogP contribution < -0.4 is 0 Å². The van der Waals surface area contributed by atoms with E-state index < -0.39 is 11.2 Å². The van der Waals surface area contributed by atoms with E-state index in [0.29, 0.717) is 10.1 Å². The van der Waals surface area contributed by atoms with Crippen LogP contribution in [0.2, 0.25) is 0 Å². The number of hydrogen-bond donors (Lipinski definition) is 0. The zero-order chi connectivity index (χ0) is 12.3. The molecule has 0 amide bonds. The van der Waals surface area contributed by atoms with Crippen LogP contribution in [0, 0.1) is 6.92 Å². The van der Waals surface area contributed by atoms with Gasteiger partial charge in [-0.3, -0.25) is 0 Å². The quantitative estimate of drug-likeness (QED) is 0.634. The first kappa shape index (κ1) is 13.1. The van der Waals surface area contributed by atoms with Crippen LogP contribution in [0.3, 0.4) is 0 Å². The average molecular weight is 330 g/mol. The van der Waals surface area contributed by atoms with Crippen molar-refractivity contribution in [3.8, 4) is 0 Å². The Morgan fingerprint density at radius 2 is 2.06 bits per heavy atom. The Morgan fingerprint density at radius 3 is 2.65 bits per heavy atom. The molecule has 17 heavy (non-hydrogen) atoms. The minimum Gasteiger partial charge on any atom is -0.609 e. The lowest BCUT2D eigenvalue weighted by atomic mass is 10.2. The average Bonchev–Trinajstić information content (AvgIpc) is 2.81. The number of alkyl halides is 1. The van der Waals surface area contributed by atoms with Gasteiger partial charge in [-0.15, -0.1) is 0 Å². The van der Waals surface area contributed by atoms with Gasteiger partial charge in [-0.05, 0) is 6.92 Å². The van der Waals surface area contributed by atoms with Crippen molar-refractivity contribution in [2.75, 3.05) is 0 Å². The van der Waals surface area contributed by atoms with Crippen LogP contribution in [-0.4, -0.2) is 9.54 Å². The predicted octanol–water partition coefficient (Wildman–Crippen LogP) is 3.65. The van der Waals surface area contributed by atoms with Gasteiger partial charge in [0.15, 0.2) is 0 Å². The zero-order valence-electron chi connectivity index (χ0n) is 9.35. The van der Waals surface area contributed by atoms with Crippen LogP contribution in [0.5, 0.6) is 0 Å². The lowest BCUT2D eigenvalue weighted by Gasteiger charge is -2.06. The molecule has 0 aliphatic carbocycles. The number of halogens is 1.